The molecule has 3 aromatic carbocycles. The average molecular weight is 406 g/mol. The number of rotatable bonds is 6. The lowest BCUT2D eigenvalue weighted by atomic mass is 10.0. The quantitative estimate of drug-likeness (QED) is 0.601. The molecule has 0 atom stereocenters. The highest BCUT2D eigenvalue weighted by Crippen LogP contribution is 2.32. The number of carbonyl (C=O) groups is 2. The summed E-state index contributed by atoms with van der Waals surface area (Å²) in [5, 5.41) is 1.61. The first-order chi connectivity index (χ1) is 14.6. The van der Waals surface area contributed by atoms with Crippen LogP contribution < -0.4 is 9.64 Å². The number of likely N-dealkylation sites (tertiary alicyclic amines) is 1. The van der Waals surface area contributed by atoms with Gasteiger partial charge in [0.15, 0.2) is 0 Å². The van der Waals surface area contributed by atoms with Gasteiger partial charge in [0, 0.05) is 13.0 Å². The van der Waals surface area contributed by atoms with Gasteiger partial charge in [0.1, 0.15) is 18.2 Å². The summed E-state index contributed by atoms with van der Waals surface area (Å²) in [6, 6.07) is 17.3. The highest BCUT2D eigenvalue weighted by Gasteiger charge is 2.30. The van der Waals surface area contributed by atoms with E-state index in [0.717, 1.165) is 17.2 Å². The van der Waals surface area contributed by atoms with E-state index in [-0.39, 0.29) is 18.3 Å². The maximum atomic E-state index is 14.7. The van der Waals surface area contributed by atoms with E-state index < -0.39 is 11.7 Å². The number of anilines is 1. The number of amides is 2. The van der Waals surface area contributed by atoms with Crippen molar-refractivity contribution in [2.24, 2.45) is 0 Å². The first-order valence-corrected chi connectivity index (χ1v) is 10.1. The van der Waals surface area contributed by atoms with Gasteiger partial charge in [0.05, 0.1) is 17.9 Å². The Labute approximate surface area is 174 Å². The topological polar surface area (TPSA) is 49.9 Å². The van der Waals surface area contributed by atoms with Crippen molar-refractivity contribution in [3.8, 4) is 5.75 Å². The van der Waals surface area contributed by atoms with E-state index in [1.54, 1.807) is 29.2 Å². The molecule has 1 heterocycles. The summed E-state index contributed by atoms with van der Waals surface area (Å²) in [6.45, 7) is 2.78. The first kappa shape index (κ1) is 19.9. The molecule has 0 saturated carbocycles. The van der Waals surface area contributed by atoms with E-state index in [4.69, 9.17) is 4.74 Å². The minimum Gasteiger partial charge on any atom is -0.493 e. The molecule has 0 aromatic heterocycles. The summed E-state index contributed by atoms with van der Waals surface area (Å²) in [5.74, 6) is -0.516. The van der Waals surface area contributed by atoms with E-state index in [9.17, 15) is 14.0 Å². The minimum atomic E-state index is -0.518. The summed E-state index contributed by atoms with van der Waals surface area (Å²) in [4.78, 5) is 29.0. The number of halogens is 1. The number of fused-ring (bicyclic) bond motifs is 1. The number of ether oxygens (including phenoxy) is 1. The molecule has 2 amide bonds. The minimum absolute atomic E-state index is 0.00656. The molecule has 1 aliphatic heterocycles. The summed E-state index contributed by atoms with van der Waals surface area (Å²) in [5.41, 5.74) is 0.502. The van der Waals surface area contributed by atoms with Gasteiger partial charge in [0.25, 0.3) is 5.91 Å². The molecule has 0 N–H and O–H groups in total. The van der Waals surface area contributed by atoms with Crippen LogP contribution in [0.4, 0.5) is 10.1 Å². The van der Waals surface area contributed by atoms with Crippen molar-refractivity contribution in [1.82, 2.24) is 4.90 Å². The van der Waals surface area contributed by atoms with Gasteiger partial charge in [-0.05, 0) is 42.3 Å². The second-order valence-corrected chi connectivity index (χ2v) is 7.18. The zero-order valence-corrected chi connectivity index (χ0v) is 16.8. The second-order valence-electron chi connectivity index (χ2n) is 7.18. The molecule has 4 rings (SSSR count). The highest BCUT2D eigenvalue weighted by atomic mass is 19.1. The van der Waals surface area contributed by atoms with Crippen molar-refractivity contribution < 1.29 is 18.7 Å². The standard InChI is InChI=1S/C24H23FN2O3/c1-2-30-21-14-13-17-8-3-4-9-18(17)23(21)24(29)27(16-26-15-7-12-22(26)28)20-11-6-5-10-19(20)25/h3-6,8-11,13-14H,2,7,12,15-16H2,1H3. The van der Waals surface area contributed by atoms with Crippen LogP contribution in [0, 0.1) is 5.82 Å². The first-order valence-electron chi connectivity index (χ1n) is 10.1. The van der Waals surface area contributed by atoms with Crippen molar-refractivity contribution in [2.75, 3.05) is 24.7 Å². The van der Waals surface area contributed by atoms with Gasteiger partial charge >= 0.3 is 0 Å². The molecule has 154 valence electrons. The van der Waals surface area contributed by atoms with Gasteiger partial charge < -0.3 is 9.64 Å². The van der Waals surface area contributed by atoms with Crippen LogP contribution in [0.2, 0.25) is 0 Å². The van der Waals surface area contributed by atoms with Gasteiger partial charge in [-0.2, -0.15) is 0 Å². The average Bonchev–Trinajstić information content (AvgIpc) is 3.16. The highest BCUT2D eigenvalue weighted by molar-refractivity contribution is 6.16. The monoisotopic (exact) mass is 406 g/mol. The van der Waals surface area contributed by atoms with Crippen molar-refractivity contribution >= 4 is 28.3 Å². The molecular weight excluding hydrogens is 383 g/mol. The number of carbonyl (C=O) groups excluding carboxylic acids is 2. The Bertz CT molecular complexity index is 1100. The third-order valence-electron chi connectivity index (χ3n) is 5.28. The van der Waals surface area contributed by atoms with E-state index in [2.05, 4.69) is 0 Å². The lowest BCUT2D eigenvalue weighted by molar-refractivity contribution is -0.127. The Morgan fingerprint density at radius 2 is 1.87 bits per heavy atom. The predicted molar refractivity (Wildman–Crippen MR) is 114 cm³/mol. The van der Waals surface area contributed by atoms with Crippen LogP contribution >= 0.6 is 0 Å². The van der Waals surface area contributed by atoms with Crippen LogP contribution in [0.3, 0.4) is 0 Å². The molecule has 0 aliphatic carbocycles. The molecule has 0 bridgehead atoms. The lowest BCUT2D eigenvalue weighted by Gasteiger charge is -2.29. The van der Waals surface area contributed by atoms with Gasteiger partial charge in [-0.1, -0.05) is 42.5 Å². The largest absolute Gasteiger partial charge is 0.493 e. The molecule has 6 heteroatoms. The van der Waals surface area contributed by atoms with Crippen molar-refractivity contribution in [1.29, 1.82) is 0 Å². The Morgan fingerprint density at radius 1 is 1.10 bits per heavy atom. The van der Waals surface area contributed by atoms with Gasteiger partial charge in [-0.25, -0.2) is 4.39 Å². The third-order valence-corrected chi connectivity index (χ3v) is 5.28. The van der Waals surface area contributed by atoms with Crippen molar-refractivity contribution in [3.05, 3.63) is 72.0 Å². The molecular formula is C24H23FN2O3. The van der Waals surface area contributed by atoms with Crippen LogP contribution in [-0.2, 0) is 4.79 Å². The predicted octanol–water partition coefficient (Wildman–Crippen LogP) is 4.60. The van der Waals surface area contributed by atoms with E-state index in [1.807, 2.05) is 37.3 Å². The van der Waals surface area contributed by atoms with Crippen LogP contribution in [0.25, 0.3) is 10.8 Å². The normalized spacial score (nSPS) is 13.7. The second kappa shape index (κ2) is 8.53. The summed E-state index contributed by atoms with van der Waals surface area (Å²) in [6.07, 6.45) is 1.17. The Kier molecular flexibility index (Phi) is 5.65. The smallest absolute Gasteiger partial charge is 0.264 e. The van der Waals surface area contributed by atoms with E-state index in [0.29, 0.717) is 30.9 Å². The molecule has 30 heavy (non-hydrogen) atoms. The molecule has 1 saturated heterocycles. The molecule has 1 aliphatic rings. The molecule has 0 spiro atoms. The molecule has 5 nitrogen and oxygen atoms in total. The Morgan fingerprint density at radius 3 is 2.60 bits per heavy atom. The third kappa shape index (κ3) is 3.73. The number of benzene rings is 3. The number of nitrogens with zero attached hydrogens (tertiary/aromatic N) is 2. The van der Waals surface area contributed by atoms with Gasteiger partial charge in [-0.15, -0.1) is 0 Å². The van der Waals surface area contributed by atoms with Gasteiger partial charge in [-0.3, -0.25) is 14.5 Å². The van der Waals surface area contributed by atoms with Crippen molar-refractivity contribution in [3.63, 3.8) is 0 Å². The maximum Gasteiger partial charge on any atom is 0.264 e. The maximum absolute atomic E-state index is 14.7. The fourth-order valence-electron chi connectivity index (χ4n) is 3.83. The molecule has 0 radical (unpaired) electrons. The molecule has 1 fully saturated rings. The lowest BCUT2D eigenvalue weighted by Crippen LogP contribution is -2.43. The zero-order chi connectivity index (χ0) is 21.1. The molecule has 0 unspecified atom stereocenters. The van der Waals surface area contributed by atoms with Crippen molar-refractivity contribution in [2.45, 2.75) is 19.8 Å². The summed E-state index contributed by atoms with van der Waals surface area (Å²) in [7, 11) is 0. The van der Waals surface area contributed by atoms with E-state index in [1.165, 1.54) is 11.0 Å². The summed E-state index contributed by atoms with van der Waals surface area (Å²) >= 11 is 0. The summed E-state index contributed by atoms with van der Waals surface area (Å²) < 4.78 is 20.5. The van der Waals surface area contributed by atoms with Crippen LogP contribution in [0.15, 0.2) is 60.7 Å². The fraction of sp³-hybridized carbons (Fsp3) is 0.250. The fourth-order valence-corrected chi connectivity index (χ4v) is 3.83. The van der Waals surface area contributed by atoms with E-state index >= 15 is 0 Å². The number of para-hydroxylation sites is 1. The number of hydrogen-bond acceptors (Lipinski definition) is 3. The van der Waals surface area contributed by atoms with Gasteiger partial charge in [0.2, 0.25) is 5.91 Å². The zero-order valence-electron chi connectivity index (χ0n) is 16.8. The SMILES string of the molecule is CCOc1ccc2ccccc2c1C(=O)N(CN1CCCC1=O)c1ccccc1F. The van der Waals surface area contributed by atoms with Crippen LogP contribution in [0.1, 0.15) is 30.1 Å². The Hall–Kier alpha value is -3.41. The van der Waals surface area contributed by atoms with Crippen LogP contribution in [-0.4, -0.2) is 36.5 Å². The molecule has 3 aromatic rings. The number of hydrogen-bond donors (Lipinski definition) is 0. The van der Waals surface area contributed by atoms with Crippen LogP contribution in [0.5, 0.6) is 5.75 Å². The Balaban J connectivity index is 1.85.